The summed E-state index contributed by atoms with van der Waals surface area (Å²) in [5.74, 6) is 0.0242. The number of nitrogens with zero attached hydrogens (tertiary/aromatic N) is 1. The Morgan fingerprint density at radius 1 is 1.12 bits per heavy atom. The topological polar surface area (TPSA) is 49.8 Å². The minimum Gasteiger partial charge on any atom is -0.493 e. The highest BCUT2D eigenvalue weighted by Crippen LogP contribution is 2.55. The highest BCUT2D eigenvalue weighted by molar-refractivity contribution is 5.81. The third kappa shape index (κ3) is 2.82. The molecule has 0 heterocycles. The van der Waals surface area contributed by atoms with Gasteiger partial charge < -0.3 is 14.7 Å². The number of carbonyl (C=O) groups excluding carboxylic acids is 1. The van der Waals surface area contributed by atoms with Crippen LogP contribution in [0.1, 0.15) is 17.5 Å². The standard InChI is InChI=1S/C19H18F3NO3/c1-23(2)17(24)9-10-26-12-7-8-14-13-5-3-4-6-15(13)18(25,16(14)11-12)19(20,21)22/h3-8,11,25H,9-10H2,1-2H3. The summed E-state index contributed by atoms with van der Waals surface area (Å²) in [6.45, 7) is 0.0349. The average Bonchev–Trinajstić information content (AvgIpc) is 2.85. The number of amides is 1. The first-order valence-electron chi connectivity index (χ1n) is 8.02. The maximum Gasteiger partial charge on any atom is 0.425 e. The van der Waals surface area contributed by atoms with E-state index in [4.69, 9.17) is 4.74 Å². The van der Waals surface area contributed by atoms with Gasteiger partial charge in [0.1, 0.15) is 5.75 Å². The van der Waals surface area contributed by atoms with Crippen molar-refractivity contribution in [2.75, 3.05) is 20.7 Å². The fourth-order valence-corrected chi connectivity index (χ4v) is 3.11. The van der Waals surface area contributed by atoms with E-state index in [0.29, 0.717) is 11.1 Å². The van der Waals surface area contributed by atoms with E-state index in [1.807, 2.05) is 0 Å². The van der Waals surface area contributed by atoms with Gasteiger partial charge in [-0.3, -0.25) is 4.79 Å². The Balaban J connectivity index is 1.95. The zero-order valence-corrected chi connectivity index (χ0v) is 14.3. The second-order valence-electron chi connectivity index (χ2n) is 6.35. The van der Waals surface area contributed by atoms with Crippen LogP contribution < -0.4 is 4.74 Å². The van der Waals surface area contributed by atoms with Crippen molar-refractivity contribution in [3.8, 4) is 16.9 Å². The molecule has 0 fully saturated rings. The molecule has 4 nitrogen and oxygen atoms in total. The fraction of sp³-hybridized carbons (Fsp3) is 0.316. The van der Waals surface area contributed by atoms with Crippen LogP contribution in [0, 0.1) is 0 Å². The zero-order chi connectivity index (χ0) is 19.1. The van der Waals surface area contributed by atoms with Crippen molar-refractivity contribution in [1.82, 2.24) is 4.90 Å². The van der Waals surface area contributed by atoms with Gasteiger partial charge >= 0.3 is 6.18 Å². The Morgan fingerprint density at radius 3 is 2.42 bits per heavy atom. The van der Waals surface area contributed by atoms with Gasteiger partial charge in [-0.1, -0.05) is 30.3 Å². The lowest BCUT2D eigenvalue weighted by Gasteiger charge is -2.28. The maximum absolute atomic E-state index is 13.7. The van der Waals surface area contributed by atoms with E-state index in [2.05, 4.69) is 0 Å². The van der Waals surface area contributed by atoms with Crippen LogP contribution in [0.15, 0.2) is 42.5 Å². The Kier molecular flexibility index (Phi) is 4.44. The van der Waals surface area contributed by atoms with E-state index in [0.717, 1.165) is 0 Å². The van der Waals surface area contributed by atoms with Gasteiger partial charge in [0.05, 0.1) is 13.0 Å². The van der Waals surface area contributed by atoms with Gasteiger partial charge in [-0.15, -0.1) is 0 Å². The number of halogens is 3. The number of aliphatic hydroxyl groups is 1. The molecule has 7 heteroatoms. The third-order valence-electron chi connectivity index (χ3n) is 4.48. The van der Waals surface area contributed by atoms with Gasteiger partial charge in [0, 0.05) is 25.2 Å². The van der Waals surface area contributed by atoms with Crippen LogP contribution >= 0.6 is 0 Å². The van der Waals surface area contributed by atoms with Crippen LogP contribution in [0.3, 0.4) is 0 Å². The van der Waals surface area contributed by atoms with E-state index < -0.39 is 11.8 Å². The number of fused-ring (bicyclic) bond motifs is 3. The number of hydrogen-bond acceptors (Lipinski definition) is 3. The number of benzene rings is 2. The summed E-state index contributed by atoms with van der Waals surface area (Å²) in [5.41, 5.74) is -2.88. The maximum atomic E-state index is 13.7. The first-order chi connectivity index (χ1) is 12.2. The van der Waals surface area contributed by atoms with Gasteiger partial charge in [-0.05, 0) is 23.3 Å². The van der Waals surface area contributed by atoms with E-state index in [1.165, 1.54) is 35.2 Å². The van der Waals surface area contributed by atoms with Gasteiger partial charge in [0.25, 0.3) is 0 Å². The van der Waals surface area contributed by atoms with Crippen molar-refractivity contribution < 1.29 is 27.8 Å². The summed E-state index contributed by atoms with van der Waals surface area (Å²) in [7, 11) is 3.22. The van der Waals surface area contributed by atoms with E-state index in [-0.39, 0.29) is 35.8 Å². The highest BCUT2D eigenvalue weighted by Gasteiger charge is 2.60. The lowest BCUT2D eigenvalue weighted by atomic mass is 9.91. The average molecular weight is 365 g/mol. The summed E-state index contributed by atoms with van der Waals surface area (Å²) < 4.78 is 46.7. The highest BCUT2D eigenvalue weighted by atomic mass is 19.4. The first-order valence-corrected chi connectivity index (χ1v) is 8.02. The van der Waals surface area contributed by atoms with Crippen molar-refractivity contribution in [2.24, 2.45) is 0 Å². The summed E-state index contributed by atoms with van der Waals surface area (Å²) in [6, 6.07) is 10.2. The molecule has 1 unspecified atom stereocenters. The summed E-state index contributed by atoms with van der Waals surface area (Å²) >= 11 is 0. The van der Waals surface area contributed by atoms with Crippen LogP contribution in [0.4, 0.5) is 13.2 Å². The Bertz CT molecular complexity index is 848. The number of alkyl halides is 3. The predicted octanol–water partition coefficient (Wildman–Crippen LogP) is 3.32. The molecule has 1 aliphatic rings. The summed E-state index contributed by atoms with van der Waals surface area (Å²) in [6.07, 6.45) is -4.78. The van der Waals surface area contributed by atoms with Crippen LogP contribution in [-0.4, -0.2) is 42.8 Å². The molecule has 1 atom stereocenters. The monoisotopic (exact) mass is 365 g/mol. The van der Waals surface area contributed by atoms with Crippen LogP contribution in [0.2, 0.25) is 0 Å². The number of ether oxygens (including phenoxy) is 1. The minimum absolute atomic E-state index is 0.0349. The summed E-state index contributed by atoms with van der Waals surface area (Å²) in [4.78, 5) is 13.0. The molecular weight excluding hydrogens is 347 g/mol. The molecule has 26 heavy (non-hydrogen) atoms. The number of rotatable bonds is 4. The van der Waals surface area contributed by atoms with Crippen molar-refractivity contribution >= 4 is 5.91 Å². The number of carbonyl (C=O) groups is 1. The second-order valence-corrected chi connectivity index (χ2v) is 6.35. The normalized spacial score (nSPS) is 18.2. The summed E-state index contributed by atoms with van der Waals surface area (Å²) in [5, 5.41) is 10.6. The molecule has 0 saturated heterocycles. The van der Waals surface area contributed by atoms with E-state index in [1.54, 1.807) is 26.2 Å². The Labute approximate surface area is 148 Å². The number of hydrogen-bond donors (Lipinski definition) is 1. The zero-order valence-electron chi connectivity index (χ0n) is 14.3. The third-order valence-corrected chi connectivity index (χ3v) is 4.48. The second kappa shape index (κ2) is 6.32. The minimum atomic E-state index is -4.88. The molecule has 0 saturated carbocycles. The van der Waals surface area contributed by atoms with Crippen molar-refractivity contribution in [3.05, 3.63) is 53.6 Å². The molecule has 1 N–H and O–H groups in total. The molecule has 0 aromatic heterocycles. The van der Waals surface area contributed by atoms with E-state index >= 15 is 0 Å². The molecule has 0 radical (unpaired) electrons. The molecule has 138 valence electrons. The Morgan fingerprint density at radius 2 is 1.77 bits per heavy atom. The van der Waals surface area contributed by atoms with Crippen molar-refractivity contribution in [1.29, 1.82) is 0 Å². The SMILES string of the molecule is CN(C)C(=O)CCOc1ccc2c(c1)C(O)(C(F)(F)F)c1ccccc1-2. The molecule has 0 bridgehead atoms. The van der Waals surface area contributed by atoms with Crippen molar-refractivity contribution in [2.45, 2.75) is 18.2 Å². The van der Waals surface area contributed by atoms with E-state index in [9.17, 15) is 23.1 Å². The van der Waals surface area contributed by atoms with Crippen LogP contribution in [-0.2, 0) is 10.4 Å². The van der Waals surface area contributed by atoms with Gasteiger partial charge in [-0.25, -0.2) is 0 Å². The molecular formula is C19H18F3NO3. The molecule has 0 aliphatic heterocycles. The Hall–Kier alpha value is -2.54. The smallest absolute Gasteiger partial charge is 0.425 e. The van der Waals surface area contributed by atoms with Crippen molar-refractivity contribution in [3.63, 3.8) is 0 Å². The molecule has 1 aliphatic carbocycles. The molecule has 0 spiro atoms. The fourth-order valence-electron chi connectivity index (χ4n) is 3.11. The van der Waals surface area contributed by atoms with Gasteiger partial charge in [-0.2, -0.15) is 13.2 Å². The first kappa shape index (κ1) is 18.3. The van der Waals surface area contributed by atoms with Crippen LogP contribution in [0.25, 0.3) is 11.1 Å². The predicted molar refractivity (Wildman–Crippen MR) is 89.7 cm³/mol. The lowest BCUT2D eigenvalue weighted by Crippen LogP contribution is -2.41. The molecule has 2 aromatic carbocycles. The molecule has 3 rings (SSSR count). The molecule has 1 amide bonds. The molecule has 2 aromatic rings. The largest absolute Gasteiger partial charge is 0.493 e. The quantitative estimate of drug-likeness (QED) is 0.904. The van der Waals surface area contributed by atoms with Gasteiger partial charge in [0.2, 0.25) is 11.5 Å². The van der Waals surface area contributed by atoms with Gasteiger partial charge in [0.15, 0.2) is 0 Å². The lowest BCUT2D eigenvalue weighted by molar-refractivity contribution is -0.246. The van der Waals surface area contributed by atoms with Crippen LogP contribution in [0.5, 0.6) is 5.75 Å².